The molecule has 0 aliphatic rings. The smallest absolute Gasteiger partial charge is 0.338 e. The maximum Gasteiger partial charge on any atom is 0.338 e. The lowest BCUT2D eigenvalue weighted by Gasteiger charge is -2.14. The van der Waals surface area contributed by atoms with E-state index in [1.165, 1.54) is 11.8 Å². The van der Waals surface area contributed by atoms with Gasteiger partial charge in [0.15, 0.2) is 5.65 Å². The van der Waals surface area contributed by atoms with E-state index in [1.807, 2.05) is 41.8 Å². The van der Waals surface area contributed by atoms with E-state index in [0.29, 0.717) is 41.6 Å². The van der Waals surface area contributed by atoms with Gasteiger partial charge < -0.3 is 14.6 Å². The molecule has 8 nitrogen and oxygen atoms in total. The van der Waals surface area contributed by atoms with Gasteiger partial charge in [0.2, 0.25) is 11.1 Å². The molecule has 2 aromatic heterocycles. The molecule has 0 unspecified atom stereocenters. The van der Waals surface area contributed by atoms with Crippen molar-refractivity contribution < 1.29 is 14.3 Å². The third-order valence-corrected chi connectivity index (χ3v) is 6.46. The first-order valence-corrected chi connectivity index (χ1v) is 11.9. The number of anilines is 1. The number of esters is 1. The molecule has 9 heteroatoms. The minimum Gasteiger partial charge on any atom is -0.462 e. The van der Waals surface area contributed by atoms with E-state index < -0.39 is 11.2 Å². The fourth-order valence-electron chi connectivity index (χ4n) is 3.63. The molecule has 4 aromatic rings. The average molecular weight is 476 g/mol. The SMILES string of the molecule is C=CCn1c2ccccc2c2nnc(S[C@@H](CC)C(=O)Nc3ccc(C(=O)OCC)cc3)nc21. The summed E-state index contributed by atoms with van der Waals surface area (Å²) < 4.78 is 7.03. The Morgan fingerprint density at radius 1 is 1.15 bits per heavy atom. The molecule has 0 saturated heterocycles. The van der Waals surface area contributed by atoms with Crippen LogP contribution in [0.5, 0.6) is 0 Å². The van der Waals surface area contributed by atoms with Crippen LogP contribution in [0.4, 0.5) is 5.69 Å². The van der Waals surface area contributed by atoms with Gasteiger partial charge in [-0.25, -0.2) is 9.78 Å². The molecule has 34 heavy (non-hydrogen) atoms. The number of amides is 1. The second-order valence-corrected chi connectivity index (χ2v) is 8.65. The third kappa shape index (κ3) is 4.79. The van der Waals surface area contributed by atoms with Gasteiger partial charge in [0.05, 0.1) is 22.9 Å². The van der Waals surface area contributed by atoms with Crippen LogP contribution in [0.1, 0.15) is 30.6 Å². The molecule has 2 heterocycles. The molecule has 0 fully saturated rings. The summed E-state index contributed by atoms with van der Waals surface area (Å²) in [6, 6.07) is 14.6. The van der Waals surface area contributed by atoms with Gasteiger partial charge in [0.25, 0.3) is 0 Å². The zero-order valence-electron chi connectivity index (χ0n) is 19.0. The Balaban J connectivity index is 1.53. The van der Waals surface area contributed by atoms with Crippen LogP contribution in [0, 0.1) is 0 Å². The quantitative estimate of drug-likeness (QED) is 0.210. The fourth-order valence-corrected chi connectivity index (χ4v) is 4.44. The topological polar surface area (TPSA) is 99.0 Å². The van der Waals surface area contributed by atoms with E-state index >= 15 is 0 Å². The Kier molecular flexibility index (Phi) is 7.22. The predicted molar refractivity (Wildman–Crippen MR) is 134 cm³/mol. The van der Waals surface area contributed by atoms with Gasteiger partial charge in [0.1, 0.15) is 5.52 Å². The van der Waals surface area contributed by atoms with Crippen molar-refractivity contribution in [2.45, 2.75) is 37.2 Å². The molecule has 0 saturated carbocycles. The van der Waals surface area contributed by atoms with Crippen molar-refractivity contribution >= 4 is 51.4 Å². The normalized spacial score (nSPS) is 11.9. The Morgan fingerprint density at radius 2 is 1.91 bits per heavy atom. The van der Waals surface area contributed by atoms with Crippen LogP contribution in [0.2, 0.25) is 0 Å². The van der Waals surface area contributed by atoms with E-state index in [2.05, 4.69) is 22.1 Å². The first-order valence-electron chi connectivity index (χ1n) is 11.0. The monoisotopic (exact) mass is 475 g/mol. The number of benzene rings is 2. The van der Waals surface area contributed by atoms with Crippen molar-refractivity contribution in [3.63, 3.8) is 0 Å². The van der Waals surface area contributed by atoms with Crippen molar-refractivity contribution in [2.75, 3.05) is 11.9 Å². The van der Waals surface area contributed by atoms with Crippen molar-refractivity contribution in [2.24, 2.45) is 0 Å². The van der Waals surface area contributed by atoms with Crippen LogP contribution in [-0.2, 0) is 16.1 Å². The molecule has 0 spiro atoms. The second-order valence-electron chi connectivity index (χ2n) is 7.48. The first kappa shape index (κ1) is 23.4. The third-order valence-electron chi connectivity index (χ3n) is 5.24. The van der Waals surface area contributed by atoms with Gasteiger partial charge in [-0.05, 0) is 43.7 Å². The van der Waals surface area contributed by atoms with Crippen LogP contribution in [0.25, 0.3) is 22.1 Å². The Bertz CT molecular complexity index is 1350. The van der Waals surface area contributed by atoms with Gasteiger partial charge in [-0.15, -0.1) is 16.8 Å². The second kappa shape index (κ2) is 10.5. The molecule has 4 rings (SSSR count). The number of allylic oxidation sites excluding steroid dienone is 1. The van der Waals surface area contributed by atoms with Crippen LogP contribution >= 0.6 is 11.8 Å². The fraction of sp³-hybridized carbons (Fsp3) is 0.240. The number of hydrogen-bond donors (Lipinski definition) is 1. The van der Waals surface area contributed by atoms with Crippen molar-refractivity contribution in [1.29, 1.82) is 0 Å². The summed E-state index contributed by atoms with van der Waals surface area (Å²) in [5, 5.41) is 12.6. The van der Waals surface area contributed by atoms with E-state index in [4.69, 9.17) is 9.72 Å². The van der Waals surface area contributed by atoms with E-state index in [1.54, 1.807) is 31.2 Å². The highest BCUT2D eigenvalue weighted by Crippen LogP contribution is 2.29. The maximum atomic E-state index is 12.9. The van der Waals surface area contributed by atoms with Crippen LogP contribution < -0.4 is 5.32 Å². The summed E-state index contributed by atoms with van der Waals surface area (Å²) in [6.45, 7) is 8.44. The van der Waals surface area contributed by atoms with E-state index in [-0.39, 0.29) is 5.91 Å². The van der Waals surface area contributed by atoms with Crippen LogP contribution in [0.15, 0.2) is 66.3 Å². The molecule has 1 N–H and O–H groups in total. The maximum absolute atomic E-state index is 12.9. The lowest BCUT2D eigenvalue weighted by Crippen LogP contribution is -2.25. The van der Waals surface area contributed by atoms with E-state index in [0.717, 1.165) is 16.4 Å². The molecule has 2 aromatic carbocycles. The van der Waals surface area contributed by atoms with Crippen molar-refractivity contribution in [3.05, 3.63) is 66.7 Å². The van der Waals surface area contributed by atoms with Gasteiger partial charge in [0, 0.05) is 17.6 Å². The van der Waals surface area contributed by atoms with Gasteiger partial charge >= 0.3 is 5.97 Å². The summed E-state index contributed by atoms with van der Waals surface area (Å²) in [7, 11) is 0. The summed E-state index contributed by atoms with van der Waals surface area (Å²) in [5.74, 6) is -0.567. The highest BCUT2D eigenvalue weighted by atomic mass is 32.2. The highest BCUT2D eigenvalue weighted by molar-refractivity contribution is 8.00. The number of carbonyl (C=O) groups is 2. The number of hydrogen-bond acceptors (Lipinski definition) is 7. The van der Waals surface area contributed by atoms with Gasteiger partial charge in [-0.3, -0.25) is 4.79 Å². The number of thioether (sulfide) groups is 1. The molecule has 0 aliphatic heterocycles. The molecule has 1 amide bonds. The summed E-state index contributed by atoms with van der Waals surface area (Å²) >= 11 is 1.27. The number of carbonyl (C=O) groups excluding carboxylic acids is 2. The zero-order chi connectivity index (χ0) is 24.1. The number of nitrogens with one attached hydrogen (secondary N) is 1. The summed E-state index contributed by atoms with van der Waals surface area (Å²) in [5.41, 5.74) is 3.48. The summed E-state index contributed by atoms with van der Waals surface area (Å²) in [6.07, 6.45) is 2.39. The van der Waals surface area contributed by atoms with Crippen molar-refractivity contribution in [3.8, 4) is 0 Å². The standard InChI is InChI=1S/C25H25N5O3S/c1-4-15-30-19-10-8-7-9-18(19)21-22(30)27-25(29-28-21)34-20(5-2)23(31)26-17-13-11-16(12-14-17)24(32)33-6-3/h4,7-14,20H,1,5-6,15H2,2-3H3,(H,26,31)/t20-/m0/s1. The Hall–Kier alpha value is -3.72. The molecule has 0 bridgehead atoms. The minimum atomic E-state index is -0.416. The lowest BCUT2D eigenvalue weighted by atomic mass is 10.2. The summed E-state index contributed by atoms with van der Waals surface area (Å²) in [4.78, 5) is 29.5. The Morgan fingerprint density at radius 3 is 2.62 bits per heavy atom. The largest absolute Gasteiger partial charge is 0.462 e. The number of rotatable bonds is 9. The van der Waals surface area contributed by atoms with E-state index in [9.17, 15) is 9.59 Å². The van der Waals surface area contributed by atoms with Crippen LogP contribution in [0.3, 0.4) is 0 Å². The Labute approximate surface area is 201 Å². The minimum absolute atomic E-state index is 0.174. The zero-order valence-corrected chi connectivity index (χ0v) is 19.8. The lowest BCUT2D eigenvalue weighted by molar-refractivity contribution is -0.115. The molecular formula is C25H25N5O3S. The average Bonchev–Trinajstić information content (AvgIpc) is 3.16. The number of nitrogens with zero attached hydrogens (tertiary/aromatic N) is 4. The predicted octanol–water partition coefficient (Wildman–Crippen LogP) is 4.85. The molecule has 174 valence electrons. The highest BCUT2D eigenvalue weighted by Gasteiger charge is 2.22. The van der Waals surface area contributed by atoms with Crippen LogP contribution in [-0.4, -0.2) is 43.5 Å². The molecule has 1 atom stereocenters. The molecular weight excluding hydrogens is 450 g/mol. The molecule has 0 radical (unpaired) electrons. The molecule has 0 aliphatic carbocycles. The van der Waals surface area contributed by atoms with Crippen molar-refractivity contribution in [1.82, 2.24) is 19.7 Å². The number of ether oxygens (including phenoxy) is 1. The first-order chi connectivity index (χ1) is 16.5. The number of fused-ring (bicyclic) bond motifs is 3. The number of aromatic nitrogens is 4. The van der Waals surface area contributed by atoms with Gasteiger partial charge in [-0.1, -0.05) is 43.0 Å². The van der Waals surface area contributed by atoms with Gasteiger partial charge in [-0.2, -0.15) is 0 Å². The number of para-hydroxylation sites is 1.